The minimum absolute atomic E-state index is 0.192. The van der Waals surface area contributed by atoms with E-state index in [1.54, 1.807) is 6.20 Å². The Morgan fingerprint density at radius 2 is 1.95 bits per heavy atom. The zero-order valence-electron chi connectivity index (χ0n) is 12.6. The first-order valence-electron chi connectivity index (χ1n) is 7.46. The number of carbonyl (C=O) groups is 2. The van der Waals surface area contributed by atoms with E-state index < -0.39 is 11.9 Å². The van der Waals surface area contributed by atoms with Crippen molar-refractivity contribution in [3.63, 3.8) is 0 Å². The Morgan fingerprint density at radius 1 is 1.18 bits per heavy atom. The summed E-state index contributed by atoms with van der Waals surface area (Å²) in [5, 5.41) is 3.76. The molecular weight excluding hydrogens is 280 g/mol. The van der Waals surface area contributed by atoms with Crippen molar-refractivity contribution in [1.29, 1.82) is 0 Å². The SMILES string of the molecule is CC(C)c1ccc2c(=O)n([C@H]3CCC(=O)NC3=O)ccc2c1. The molecule has 0 bridgehead atoms. The van der Waals surface area contributed by atoms with E-state index >= 15 is 0 Å². The number of aromatic nitrogens is 1. The molecule has 22 heavy (non-hydrogen) atoms. The van der Waals surface area contributed by atoms with Crippen molar-refractivity contribution < 1.29 is 9.59 Å². The van der Waals surface area contributed by atoms with E-state index in [2.05, 4.69) is 19.2 Å². The van der Waals surface area contributed by atoms with Gasteiger partial charge in [-0.1, -0.05) is 26.0 Å². The smallest absolute Gasteiger partial charge is 0.259 e. The molecule has 1 aliphatic heterocycles. The van der Waals surface area contributed by atoms with Crippen LogP contribution in [0.4, 0.5) is 0 Å². The Balaban J connectivity index is 2.07. The maximum atomic E-state index is 12.6. The standard InChI is InChI=1S/C17H18N2O3/c1-10(2)11-3-4-13-12(9-11)7-8-19(17(13)22)14-5-6-15(20)18-16(14)21/h3-4,7-10,14H,5-6H2,1-2H3,(H,18,20,21)/t14-/m0/s1. The molecular formula is C17H18N2O3. The van der Waals surface area contributed by atoms with Crippen LogP contribution in [-0.2, 0) is 9.59 Å². The van der Waals surface area contributed by atoms with E-state index in [0.717, 1.165) is 5.39 Å². The van der Waals surface area contributed by atoms with Gasteiger partial charge in [-0.3, -0.25) is 19.7 Å². The molecule has 2 heterocycles. The first kappa shape index (κ1) is 14.5. The molecule has 3 rings (SSSR count). The van der Waals surface area contributed by atoms with Gasteiger partial charge in [0.25, 0.3) is 5.56 Å². The van der Waals surface area contributed by atoms with Crippen molar-refractivity contribution in [3.8, 4) is 0 Å². The number of hydrogen-bond acceptors (Lipinski definition) is 3. The van der Waals surface area contributed by atoms with Gasteiger partial charge in [-0.2, -0.15) is 0 Å². The fourth-order valence-electron chi connectivity index (χ4n) is 2.83. The third-order valence-corrected chi connectivity index (χ3v) is 4.17. The lowest BCUT2D eigenvalue weighted by molar-refractivity contribution is -0.135. The van der Waals surface area contributed by atoms with E-state index in [-0.39, 0.29) is 17.9 Å². The van der Waals surface area contributed by atoms with Crippen molar-refractivity contribution in [3.05, 3.63) is 46.4 Å². The zero-order chi connectivity index (χ0) is 15.9. The van der Waals surface area contributed by atoms with E-state index in [0.29, 0.717) is 17.7 Å². The lowest BCUT2D eigenvalue weighted by Gasteiger charge is -2.23. The van der Waals surface area contributed by atoms with Crippen molar-refractivity contribution in [2.24, 2.45) is 0 Å². The number of nitrogens with one attached hydrogen (secondary N) is 1. The maximum Gasteiger partial charge on any atom is 0.259 e. The molecule has 1 saturated heterocycles. The maximum absolute atomic E-state index is 12.6. The fourth-order valence-corrected chi connectivity index (χ4v) is 2.83. The van der Waals surface area contributed by atoms with Gasteiger partial charge < -0.3 is 4.57 Å². The number of pyridine rings is 1. The highest BCUT2D eigenvalue weighted by Gasteiger charge is 2.28. The molecule has 1 aromatic heterocycles. The van der Waals surface area contributed by atoms with Crippen LogP contribution >= 0.6 is 0 Å². The van der Waals surface area contributed by atoms with Crippen molar-refractivity contribution >= 4 is 22.6 Å². The Hall–Kier alpha value is -2.43. The molecule has 1 aromatic carbocycles. The third-order valence-electron chi connectivity index (χ3n) is 4.17. The van der Waals surface area contributed by atoms with Crippen LogP contribution in [0.2, 0.25) is 0 Å². The Bertz CT molecular complexity index is 820. The second-order valence-electron chi connectivity index (χ2n) is 6.00. The normalized spacial score (nSPS) is 18.8. The summed E-state index contributed by atoms with van der Waals surface area (Å²) >= 11 is 0. The lowest BCUT2D eigenvalue weighted by Crippen LogP contribution is -2.44. The Kier molecular flexibility index (Phi) is 3.56. The van der Waals surface area contributed by atoms with Crippen LogP contribution in [0.5, 0.6) is 0 Å². The van der Waals surface area contributed by atoms with Gasteiger partial charge in [0.2, 0.25) is 11.8 Å². The van der Waals surface area contributed by atoms with Gasteiger partial charge in [-0.15, -0.1) is 0 Å². The van der Waals surface area contributed by atoms with Crippen LogP contribution in [0.25, 0.3) is 10.8 Å². The molecule has 114 valence electrons. The number of rotatable bonds is 2. The van der Waals surface area contributed by atoms with Crippen LogP contribution in [0.3, 0.4) is 0 Å². The molecule has 0 spiro atoms. The van der Waals surface area contributed by atoms with Gasteiger partial charge in [-0.05, 0) is 35.4 Å². The molecule has 5 nitrogen and oxygen atoms in total. The van der Waals surface area contributed by atoms with Crippen LogP contribution in [-0.4, -0.2) is 16.4 Å². The highest BCUT2D eigenvalue weighted by molar-refractivity contribution is 5.99. The number of amides is 2. The molecule has 0 radical (unpaired) electrons. The fraction of sp³-hybridized carbons (Fsp3) is 0.353. The number of imide groups is 1. The monoisotopic (exact) mass is 298 g/mol. The average Bonchev–Trinajstić information content (AvgIpc) is 2.48. The number of nitrogens with zero attached hydrogens (tertiary/aromatic N) is 1. The second kappa shape index (κ2) is 5.40. The molecule has 1 aliphatic rings. The van der Waals surface area contributed by atoms with Crippen molar-refractivity contribution in [2.45, 2.75) is 38.6 Å². The summed E-state index contributed by atoms with van der Waals surface area (Å²) in [5.74, 6) is -0.296. The summed E-state index contributed by atoms with van der Waals surface area (Å²) in [7, 11) is 0. The Morgan fingerprint density at radius 3 is 2.64 bits per heavy atom. The predicted octanol–water partition coefficient (Wildman–Crippen LogP) is 2.10. The second-order valence-corrected chi connectivity index (χ2v) is 6.00. The summed E-state index contributed by atoms with van der Waals surface area (Å²) in [6.45, 7) is 4.21. The number of hydrogen-bond donors (Lipinski definition) is 1. The van der Waals surface area contributed by atoms with E-state index in [1.807, 2.05) is 24.3 Å². The number of fused-ring (bicyclic) bond motifs is 1. The summed E-state index contributed by atoms with van der Waals surface area (Å²) in [5.41, 5.74) is 0.980. The van der Waals surface area contributed by atoms with E-state index in [4.69, 9.17) is 0 Å². The minimum atomic E-state index is -0.612. The van der Waals surface area contributed by atoms with Gasteiger partial charge in [0.1, 0.15) is 6.04 Å². The molecule has 1 N–H and O–H groups in total. The summed E-state index contributed by atoms with van der Waals surface area (Å²) < 4.78 is 1.43. The van der Waals surface area contributed by atoms with Crippen LogP contribution in [0.1, 0.15) is 44.2 Å². The summed E-state index contributed by atoms with van der Waals surface area (Å²) in [6.07, 6.45) is 2.27. The summed E-state index contributed by atoms with van der Waals surface area (Å²) in [6, 6.07) is 7.01. The van der Waals surface area contributed by atoms with Crippen molar-refractivity contribution in [2.75, 3.05) is 0 Å². The van der Waals surface area contributed by atoms with Gasteiger partial charge in [0.05, 0.1) is 0 Å². The van der Waals surface area contributed by atoms with Crippen LogP contribution < -0.4 is 10.9 Å². The molecule has 1 fully saturated rings. The van der Waals surface area contributed by atoms with Crippen LogP contribution in [0, 0.1) is 0 Å². The van der Waals surface area contributed by atoms with Gasteiger partial charge in [0, 0.05) is 18.0 Å². The molecule has 2 aromatic rings. The van der Waals surface area contributed by atoms with Crippen molar-refractivity contribution in [1.82, 2.24) is 9.88 Å². The molecule has 1 atom stereocenters. The molecule has 5 heteroatoms. The van der Waals surface area contributed by atoms with Gasteiger partial charge in [-0.25, -0.2) is 0 Å². The first-order chi connectivity index (χ1) is 10.5. The zero-order valence-corrected chi connectivity index (χ0v) is 12.6. The highest BCUT2D eigenvalue weighted by Crippen LogP contribution is 2.22. The highest BCUT2D eigenvalue weighted by atomic mass is 16.2. The van der Waals surface area contributed by atoms with E-state index in [9.17, 15) is 14.4 Å². The molecule has 0 saturated carbocycles. The van der Waals surface area contributed by atoms with Crippen LogP contribution in [0.15, 0.2) is 35.3 Å². The van der Waals surface area contributed by atoms with Gasteiger partial charge >= 0.3 is 0 Å². The quantitative estimate of drug-likeness (QED) is 0.863. The van der Waals surface area contributed by atoms with Gasteiger partial charge in [0.15, 0.2) is 0 Å². The lowest BCUT2D eigenvalue weighted by atomic mass is 9.99. The van der Waals surface area contributed by atoms with E-state index in [1.165, 1.54) is 10.1 Å². The largest absolute Gasteiger partial charge is 0.302 e. The number of benzene rings is 1. The average molecular weight is 298 g/mol. The topological polar surface area (TPSA) is 68.2 Å². The first-order valence-corrected chi connectivity index (χ1v) is 7.46. The third kappa shape index (κ3) is 2.43. The Labute approximate surface area is 127 Å². The minimum Gasteiger partial charge on any atom is -0.302 e. The summed E-state index contributed by atoms with van der Waals surface area (Å²) in [4.78, 5) is 35.8. The number of carbonyl (C=O) groups excluding carboxylic acids is 2. The molecule has 0 aliphatic carbocycles. The molecule has 0 unspecified atom stereocenters. The predicted molar refractivity (Wildman–Crippen MR) is 83.7 cm³/mol. The molecule has 2 amide bonds. The number of piperidine rings is 1.